The Bertz CT molecular complexity index is 420. The fourth-order valence-corrected chi connectivity index (χ4v) is 1.49. The van der Waals surface area contributed by atoms with Crippen LogP contribution in [0.3, 0.4) is 0 Å². The molecule has 0 aliphatic carbocycles. The molecule has 0 unspecified atom stereocenters. The van der Waals surface area contributed by atoms with Crippen LogP contribution in [-0.4, -0.2) is 10.1 Å². The lowest BCUT2D eigenvalue weighted by molar-refractivity contribution is 0.701. The van der Waals surface area contributed by atoms with Crippen LogP contribution in [0.5, 0.6) is 0 Å². The van der Waals surface area contributed by atoms with Crippen molar-refractivity contribution in [3.63, 3.8) is 0 Å². The highest BCUT2D eigenvalue weighted by atomic mass is 32.1. The molecule has 3 heteroatoms. The van der Waals surface area contributed by atoms with Crippen LogP contribution in [0.15, 0.2) is 36.5 Å². The number of nitrogens with zero attached hydrogens (tertiary/aromatic N) is 1. The van der Waals surface area contributed by atoms with Crippen molar-refractivity contribution in [1.82, 2.24) is 9.88 Å². The summed E-state index contributed by atoms with van der Waals surface area (Å²) in [5.74, 6) is 0. The van der Waals surface area contributed by atoms with Gasteiger partial charge in [-0.1, -0.05) is 30.4 Å². The number of rotatable bonds is 3. The van der Waals surface area contributed by atoms with Gasteiger partial charge in [-0.2, -0.15) is 0 Å². The van der Waals surface area contributed by atoms with E-state index in [9.17, 15) is 0 Å². The fourth-order valence-electron chi connectivity index (χ4n) is 1.41. The molecular formula is C10H10N2S. The van der Waals surface area contributed by atoms with Gasteiger partial charge in [0.25, 0.3) is 0 Å². The average Bonchev–Trinajstić information content (AvgIpc) is 2.58. The lowest BCUT2D eigenvalue weighted by atomic mass is 10.2. The van der Waals surface area contributed by atoms with Crippen molar-refractivity contribution < 1.29 is 0 Å². The second-order valence-electron chi connectivity index (χ2n) is 2.82. The first kappa shape index (κ1) is 8.26. The number of thiocarbonyl (C=S) groups is 1. The number of benzene rings is 1. The van der Waals surface area contributed by atoms with Crippen molar-refractivity contribution in [3.05, 3.63) is 36.5 Å². The Morgan fingerprint density at radius 3 is 3.00 bits per heavy atom. The van der Waals surface area contributed by atoms with Crippen LogP contribution in [0.25, 0.3) is 10.9 Å². The second kappa shape index (κ2) is 3.58. The van der Waals surface area contributed by atoms with Crippen LogP contribution in [0, 0.1) is 0 Å². The van der Waals surface area contributed by atoms with E-state index in [-0.39, 0.29) is 0 Å². The molecule has 1 N–H and O–H groups in total. The Hall–Kier alpha value is -1.35. The summed E-state index contributed by atoms with van der Waals surface area (Å²) in [6.45, 7) is 0.733. The molecular weight excluding hydrogens is 180 g/mol. The van der Waals surface area contributed by atoms with E-state index in [1.165, 1.54) is 16.4 Å². The van der Waals surface area contributed by atoms with Gasteiger partial charge in [0.1, 0.15) is 0 Å². The van der Waals surface area contributed by atoms with Gasteiger partial charge >= 0.3 is 0 Å². The molecule has 0 spiro atoms. The molecule has 2 nitrogen and oxygen atoms in total. The van der Waals surface area contributed by atoms with Gasteiger partial charge in [0.05, 0.1) is 12.2 Å². The van der Waals surface area contributed by atoms with Crippen molar-refractivity contribution in [2.75, 3.05) is 0 Å². The SMILES string of the molecule is S=CNCn1ccc2ccccc21. The summed E-state index contributed by atoms with van der Waals surface area (Å²) in [5.41, 5.74) is 2.77. The third-order valence-corrected chi connectivity index (χ3v) is 2.19. The third kappa shape index (κ3) is 1.55. The van der Waals surface area contributed by atoms with Crippen LogP contribution in [-0.2, 0) is 6.67 Å². The molecule has 0 amide bonds. The molecule has 0 saturated heterocycles. The smallest absolute Gasteiger partial charge is 0.0921 e. The molecule has 66 valence electrons. The summed E-state index contributed by atoms with van der Waals surface area (Å²) in [6.07, 6.45) is 2.05. The summed E-state index contributed by atoms with van der Waals surface area (Å²) in [4.78, 5) is 0. The highest BCUT2D eigenvalue weighted by Gasteiger charge is 1.96. The van der Waals surface area contributed by atoms with Gasteiger partial charge in [-0.3, -0.25) is 0 Å². The van der Waals surface area contributed by atoms with Crippen molar-refractivity contribution in [1.29, 1.82) is 0 Å². The second-order valence-corrected chi connectivity index (χ2v) is 3.06. The Morgan fingerprint density at radius 1 is 1.31 bits per heavy atom. The van der Waals surface area contributed by atoms with E-state index >= 15 is 0 Å². The molecule has 0 aliphatic rings. The van der Waals surface area contributed by atoms with Crippen LogP contribution in [0.2, 0.25) is 0 Å². The number of fused-ring (bicyclic) bond motifs is 1. The molecule has 1 aromatic carbocycles. The van der Waals surface area contributed by atoms with E-state index in [1.54, 1.807) is 0 Å². The zero-order valence-electron chi connectivity index (χ0n) is 7.10. The molecule has 0 atom stereocenters. The van der Waals surface area contributed by atoms with Crippen molar-refractivity contribution in [2.45, 2.75) is 6.67 Å². The van der Waals surface area contributed by atoms with Gasteiger partial charge in [0, 0.05) is 11.7 Å². The maximum atomic E-state index is 4.70. The number of para-hydroxylation sites is 1. The fraction of sp³-hybridized carbons (Fsp3) is 0.100. The zero-order valence-corrected chi connectivity index (χ0v) is 7.92. The minimum atomic E-state index is 0.733. The number of hydrogen-bond donors (Lipinski definition) is 1. The van der Waals surface area contributed by atoms with Crippen molar-refractivity contribution >= 4 is 28.6 Å². The molecule has 13 heavy (non-hydrogen) atoms. The molecule has 0 radical (unpaired) electrons. The summed E-state index contributed by atoms with van der Waals surface area (Å²) >= 11 is 4.70. The van der Waals surface area contributed by atoms with E-state index < -0.39 is 0 Å². The minimum Gasteiger partial charge on any atom is -0.365 e. The van der Waals surface area contributed by atoms with Gasteiger partial charge in [0.2, 0.25) is 0 Å². The first-order chi connectivity index (χ1) is 6.42. The predicted octanol–water partition coefficient (Wildman–Crippen LogP) is 2.15. The quantitative estimate of drug-likeness (QED) is 0.747. The standard InChI is InChI=1S/C10H10N2S/c13-8-11-7-12-6-5-9-3-1-2-4-10(9)12/h1-6,8H,7H2,(H,11,13). The largest absolute Gasteiger partial charge is 0.365 e. The molecule has 2 aromatic rings. The maximum Gasteiger partial charge on any atom is 0.0921 e. The normalized spacial score (nSPS) is 10.2. The zero-order chi connectivity index (χ0) is 9.10. The van der Waals surface area contributed by atoms with E-state index in [0.717, 1.165) is 6.67 Å². The molecule has 0 saturated carbocycles. The summed E-state index contributed by atoms with van der Waals surface area (Å²) in [6, 6.07) is 10.4. The summed E-state index contributed by atoms with van der Waals surface area (Å²) < 4.78 is 2.12. The molecule has 1 aromatic heterocycles. The Labute approximate surface area is 82.2 Å². The molecule has 0 aliphatic heterocycles. The van der Waals surface area contributed by atoms with Gasteiger partial charge < -0.3 is 9.88 Å². The summed E-state index contributed by atoms with van der Waals surface area (Å²) in [7, 11) is 0. The van der Waals surface area contributed by atoms with Gasteiger partial charge in [-0.05, 0) is 17.5 Å². The maximum absolute atomic E-state index is 4.70. The van der Waals surface area contributed by atoms with E-state index in [2.05, 4.69) is 34.3 Å². The Balaban J connectivity index is 2.40. The molecule has 2 rings (SSSR count). The number of aromatic nitrogens is 1. The van der Waals surface area contributed by atoms with Crippen LogP contribution < -0.4 is 5.32 Å². The predicted molar refractivity (Wildman–Crippen MR) is 58.7 cm³/mol. The molecule has 1 heterocycles. The van der Waals surface area contributed by atoms with Crippen molar-refractivity contribution in [3.8, 4) is 0 Å². The van der Waals surface area contributed by atoms with Gasteiger partial charge in [0.15, 0.2) is 0 Å². The third-order valence-electron chi connectivity index (χ3n) is 2.03. The van der Waals surface area contributed by atoms with E-state index in [1.807, 2.05) is 12.1 Å². The van der Waals surface area contributed by atoms with Crippen molar-refractivity contribution in [2.24, 2.45) is 0 Å². The highest BCUT2D eigenvalue weighted by molar-refractivity contribution is 7.78. The minimum absolute atomic E-state index is 0.733. The first-order valence-corrected chi connectivity index (χ1v) is 4.60. The Morgan fingerprint density at radius 2 is 2.15 bits per heavy atom. The van der Waals surface area contributed by atoms with E-state index in [0.29, 0.717) is 0 Å². The lowest BCUT2D eigenvalue weighted by Crippen LogP contribution is -2.14. The molecule has 0 bridgehead atoms. The highest BCUT2D eigenvalue weighted by Crippen LogP contribution is 2.13. The topological polar surface area (TPSA) is 17.0 Å². The van der Waals surface area contributed by atoms with Gasteiger partial charge in [-0.15, -0.1) is 0 Å². The Kier molecular flexibility index (Phi) is 2.27. The van der Waals surface area contributed by atoms with Crippen LogP contribution >= 0.6 is 12.2 Å². The van der Waals surface area contributed by atoms with Gasteiger partial charge in [-0.25, -0.2) is 0 Å². The monoisotopic (exact) mass is 190 g/mol. The summed E-state index contributed by atoms with van der Waals surface area (Å²) in [5, 5.41) is 4.25. The van der Waals surface area contributed by atoms with E-state index in [4.69, 9.17) is 12.2 Å². The van der Waals surface area contributed by atoms with Crippen LogP contribution in [0.1, 0.15) is 0 Å². The molecule has 0 fully saturated rings. The van der Waals surface area contributed by atoms with Crippen LogP contribution in [0.4, 0.5) is 0 Å². The average molecular weight is 190 g/mol. The number of hydrogen-bond acceptors (Lipinski definition) is 1. The number of nitrogens with one attached hydrogen (secondary N) is 1. The lowest BCUT2D eigenvalue weighted by Gasteiger charge is -2.03. The first-order valence-electron chi connectivity index (χ1n) is 4.13.